The minimum Gasteiger partial charge on any atom is -0.469 e. The summed E-state index contributed by atoms with van der Waals surface area (Å²) in [6.07, 6.45) is -0.0809. The lowest BCUT2D eigenvalue weighted by Crippen LogP contribution is -2.30. The highest BCUT2D eigenvalue weighted by Crippen LogP contribution is 2.16. The molecule has 1 atom stereocenters. The lowest BCUT2D eigenvalue weighted by atomic mass is 10.1. The number of anilines is 1. The molecule has 0 fully saturated rings. The summed E-state index contributed by atoms with van der Waals surface area (Å²) in [6.45, 7) is 1.82. The fraction of sp³-hybridized carbons (Fsp3) is 0.318. The first-order valence-corrected chi connectivity index (χ1v) is 9.82. The fourth-order valence-corrected chi connectivity index (χ4v) is 2.88. The number of ketones is 1. The van der Waals surface area contributed by atoms with Gasteiger partial charge >= 0.3 is 11.9 Å². The summed E-state index contributed by atoms with van der Waals surface area (Å²) in [4.78, 5) is 35.5. The molecule has 160 valence electrons. The fourth-order valence-electron chi connectivity index (χ4n) is 2.75. The minimum absolute atomic E-state index is 0.0677. The molecule has 0 radical (unpaired) electrons. The van der Waals surface area contributed by atoms with Gasteiger partial charge in [-0.25, -0.2) is 0 Å². The highest BCUT2D eigenvalue weighted by molar-refractivity contribution is 6.30. The molecule has 2 aromatic carbocycles. The van der Waals surface area contributed by atoms with Gasteiger partial charge in [-0.05, 0) is 54.8 Å². The quantitative estimate of drug-likeness (QED) is 0.337. The molecule has 0 aliphatic rings. The number of carbonyl (C=O) groups is 3. The second-order valence-corrected chi connectivity index (χ2v) is 7.15. The number of nitrogens with two attached hydrogens (primary N) is 1. The summed E-state index contributed by atoms with van der Waals surface area (Å²) in [7, 11) is 1.35. The lowest BCUT2D eigenvalue weighted by Gasteiger charge is -2.13. The molecule has 3 N–H and O–H groups in total. The molecule has 30 heavy (non-hydrogen) atoms. The molecule has 7 nitrogen and oxygen atoms in total. The van der Waals surface area contributed by atoms with Crippen LogP contribution in [0.3, 0.4) is 0 Å². The Morgan fingerprint density at radius 3 is 2.43 bits per heavy atom. The molecule has 0 heterocycles. The van der Waals surface area contributed by atoms with Crippen molar-refractivity contribution < 1.29 is 23.9 Å². The molecule has 0 spiro atoms. The number of benzene rings is 2. The van der Waals surface area contributed by atoms with E-state index in [2.05, 4.69) is 10.1 Å². The van der Waals surface area contributed by atoms with Crippen LogP contribution in [-0.4, -0.2) is 37.5 Å². The van der Waals surface area contributed by atoms with E-state index in [1.807, 2.05) is 12.1 Å². The van der Waals surface area contributed by atoms with E-state index in [1.54, 1.807) is 30.3 Å². The highest BCUT2D eigenvalue weighted by atomic mass is 35.5. The molecule has 2 aromatic rings. The number of methoxy groups -OCH3 is 1. The molecule has 0 amide bonds. The van der Waals surface area contributed by atoms with Gasteiger partial charge in [0.05, 0.1) is 13.7 Å². The number of esters is 2. The zero-order valence-corrected chi connectivity index (χ0v) is 17.7. The van der Waals surface area contributed by atoms with E-state index in [0.717, 1.165) is 11.1 Å². The van der Waals surface area contributed by atoms with Crippen LogP contribution >= 0.6 is 11.6 Å². The van der Waals surface area contributed by atoms with Crippen LogP contribution in [0.25, 0.3) is 0 Å². The number of ether oxygens (including phenoxy) is 2. The number of halogens is 1. The smallest absolute Gasteiger partial charge is 0.320 e. The average Bonchev–Trinajstić information content (AvgIpc) is 2.73. The van der Waals surface area contributed by atoms with Crippen molar-refractivity contribution in [3.63, 3.8) is 0 Å². The molecule has 0 saturated carbocycles. The maximum Gasteiger partial charge on any atom is 0.320 e. The van der Waals surface area contributed by atoms with Gasteiger partial charge in [-0.1, -0.05) is 23.7 Å². The summed E-state index contributed by atoms with van der Waals surface area (Å²) in [6, 6.07) is 11.9. The Balaban J connectivity index is 1.79. The maximum absolute atomic E-state index is 12.3. The van der Waals surface area contributed by atoms with Crippen molar-refractivity contribution in [1.29, 1.82) is 0 Å². The van der Waals surface area contributed by atoms with Gasteiger partial charge in [-0.15, -0.1) is 0 Å². The second kappa shape index (κ2) is 11.3. The first-order valence-electron chi connectivity index (χ1n) is 9.44. The number of carbonyl (C=O) groups excluding carboxylic acids is 3. The van der Waals surface area contributed by atoms with Crippen molar-refractivity contribution in [3.05, 3.63) is 64.2 Å². The molecule has 8 heteroatoms. The predicted octanol–water partition coefficient (Wildman–Crippen LogP) is 2.93. The molecule has 0 saturated heterocycles. The van der Waals surface area contributed by atoms with Gasteiger partial charge in [0.2, 0.25) is 5.78 Å². The third-order valence-electron chi connectivity index (χ3n) is 4.45. The molecule has 0 bridgehead atoms. The Bertz CT molecular complexity index is 899. The summed E-state index contributed by atoms with van der Waals surface area (Å²) in [5.74, 6) is -1.12. The van der Waals surface area contributed by atoms with Gasteiger partial charge in [0.15, 0.2) is 6.10 Å². The zero-order valence-electron chi connectivity index (χ0n) is 16.9. The van der Waals surface area contributed by atoms with Gasteiger partial charge in [-0.2, -0.15) is 0 Å². The van der Waals surface area contributed by atoms with E-state index in [9.17, 15) is 14.4 Å². The Labute approximate surface area is 180 Å². The SMILES string of the molecule is COC(=O)CCc1ccc(CNCC(=O)OC(C)C(=O)c2ccc(Cl)cc2)c(N)c1. The number of hydrogen-bond donors (Lipinski definition) is 2. The zero-order chi connectivity index (χ0) is 22.1. The first-order chi connectivity index (χ1) is 14.3. The van der Waals surface area contributed by atoms with Gasteiger partial charge in [0.25, 0.3) is 0 Å². The van der Waals surface area contributed by atoms with E-state index in [1.165, 1.54) is 14.0 Å². The van der Waals surface area contributed by atoms with Crippen LogP contribution in [-0.2, 0) is 32.0 Å². The summed E-state index contributed by atoms with van der Waals surface area (Å²) in [5, 5.41) is 3.48. The average molecular weight is 433 g/mol. The van der Waals surface area contributed by atoms with E-state index in [-0.39, 0.29) is 24.7 Å². The van der Waals surface area contributed by atoms with Crippen LogP contribution in [0.5, 0.6) is 0 Å². The number of nitrogen functional groups attached to an aromatic ring is 1. The summed E-state index contributed by atoms with van der Waals surface area (Å²) in [5.41, 5.74) is 8.77. The van der Waals surface area contributed by atoms with Crippen LogP contribution < -0.4 is 11.1 Å². The van der Waals surface area contributed by atoms with Crippen molar-refractivity contribution in [3.8, 4) is 0 Å². The third-order valence-corrected chi connectivity index (χ3v) is 4.70. The summed E-state index contributed by atoms with van der Waals surface area (Å²) < 4.78 is 9.81. The van der Waals surface area contributed by atoms with Gasteiger partial charge < -0.3 is 20.5 Å². The largest absolute Gasteiger partial charge is 0.469 e. The number of aryl methyl sites for hydroxylation is 1. The molecule has 1 unspecified atom stereocenters. The second-order valence-electron chi connectivity index (χ2n) is 6.72. The van der Waals surface area contributed by atoms with Crippen LogP contribution in [0, 0.1) is 0 Å². The van der Waals surface area contributed by atoms with Crippen LogP contribution in [0.15, 0.2) is 42.5 Å². The van der Waals surface area contributed by atoms with Crippen molar-refractivity contribution in [1.82, 2.24) is 5.32 Å². The summed E-state index contributed by atoms with van der Waals surface area (Å²) >= 11 is 5.81. The minimum atomic E-state index is -0.903. The third kappa shape index (κ3) is 7.17. The molecule has 0 aliphatic heterocycles. The monoisotopic (exact) mass is 432 g/mol. The number of Topliss-reactive ketones (excluding diaryl/α,β-unsaturated/α-hetero) is 1. The van der Waals surface area contributed by atoms with Crippen molar-refractivity contribution in [2.24, 2.45) is 0 Å². The molecule has 2 rings (SSSR count). The predicted molar refractivity (Wildman–Crippen MR) is 114 cm³/mol. The number of nitrogens with one attached hydrogen (secondary N) is 1. The van der Waals surface area contributed by atoms with Gasteiger partial charge in [-0.3, -0.25) is 14.4 Å². The number of rotatable bonds is 10. The van der Waals surface area contributed by atoms with Crippen molar-refractivity contribution in [2.45, 2.75) is 32.4 Å². The molecular weight excluding hydrogens is 408 g/mol. The Kier molecular flexibility index (Phi) is 8.83. The Hall–Kier alpha value is -2.90. The van der Waals surface area contributed by atoms with E-state index in [0.29, 0.717) is 29.2 Å². The lowest BCUT2D eigenvalue weighted by molar-refractivity contribution is -0.145. The van der Waals surface area contributed by atoms with Gasteiger partial charge in [0.1, 0.15) is 0 Å². The highest BCUT2D eigenvalue weighted by Gasteiger charge is 2.19. The van der Waals surface area contributed by atoms with Crippen LogP contribution in [0.1, 0.15) is 34.8 Å². The molecule has 0 aliphatic carbocycles. The molecular formula is C22H25ClN2O5. The topological polar surface area (TPSA) is 108 Å². The van der Waals surface area contributed by atoms with Crippen molar-refractivity contribution >= 4 is 35.0 Å². The maximum atomic E-state index is 12.3. The van der Waals surface area contributed by atoms with E-state index >= 15 is 0 Å². The van der Waals surface area contributed by atoms with Gasteiger partial charge in [0, 0.05) is 29.2 Å². The first kappa shape index (κ1) is 23.4. The Morgan fingerprint density at radius 1 is 1.10 bits per heavy atom. The Morgan fingerprint density at radius 2 is 1.80 bits per heavy atom. The van der Waals surface area contributed by atoms with Crippen LogP contribution in [0.4, 0.5) is 5.69 Å². The van der Waals surface area contributed by atoms with Crippen LogP contribution in [0.2, 0.25) is 5.02 Å². The van der Waals surface area contributed by atoms with E-state index < -0.39 is 12.1 Å². The molecule has 0 aromatic heterocycles. The standard InChI is InChI=1S/C22H25ClN2O5/c1-14(22(28)16-6-8-18(23)9-7-16)30-21(27)13-25-12-17-5-3-15(11-19(17)24)4-10-20(26)29-2/h3,5-9,11,14,25H,4,10,12-13,24H2,1-2H3. The normalized spacial score (nSPS) is 11.6. The van der Waals surface area contributed by atoms with E-state index in [4.69, 9.17) is 22.1 Å². The van der Waals surface area contributed by atoms with Crippen molar-refractivity contribution in [2.75, 3.05) is 19.4 Å². The number of hydrogen-bond acceptors (Lipinski definition) is 7.